The summed E-state index contributed by atoms with van der Waals surface area (Å²) in [7, 11) is 3.76. The fraction of sp³-hybridized carbons (Fsp3) is 0.176. The Morgan fingerprint density at radius 2 is 2.04 bits per heavy atom. The molecule has 1 aromatic heterocycles. The lowest BCUT2D eigenvalue weighted by atomic mass is 10.1. The Morgan fingerprint density at radius 3 is 2.67 bits per heavy atom. The first-order valence-electron chi connectivity index (χ1n) is 7.22. The minimum atomic E-state index is -1.10. The zero-order valence-corrected chi connectivity index (χ0v) is 13.9. The molecule has 0 bridgehead atoms. The van der Waals surface area contributed by atoms with Crippen LogP contribution in [-0.2, 0) is 6.54 Å². The number of hydrogen-bond donors (Lipinski definition) is 1. The smallest absolute Gasteiger partial charge is 0.357 e. The number of aromatic nitrogens is 2. The van der Waals surface area contributed by atoms with Crippen molar-refractivity contribution in [2.24, 2.45) is 0 Å². The van der Waals surface area contributed by atoms with Crippen molar-refractivity contribution in [3.63, 3.8) is 0 Å². The van der Waals surface area contributed by atoms with Crippen LogP contribution in [0.2, 0.25) is 5.02 Å². The number of benzene rings is 2. The van der Waals surface area contributed by atoms with Gasteiger partial charge in [-0.15, -0.1) is 0 Å². The molecule has 24 heavy (non-hydrogen) atoms. The standard InChI is InChI=1S/C17H15ClFN3O2/c1-21(2)12-5-6-15-13(8-12)16(17(23)24)20-22(15)9-10-3-4-11(19)7-14(10)18/h3-8H,9H2,1-2H3,(H,23,24). The summed E-state index contributed by atoms with van der Waals surface area (Å²) < 4.78 is 14.7. The number of carboxylic acid groups (broad SMARTS) is 1. The molecule has 0 spiro atoms. The summed E-state index contributed by atoms with van der Waals surface area (Å²) in [6.45, 7) is 0.254. The first-order valence-corrected chi connectivity index (χ1v) is 7.59. The van der Waals surface area contributed by atoms with Crippen molar-refractivity contribution in [3.8, 4) is 0 Å². The first kappa shape index (κ1) is 16.3. The van der Waals surface area contributed by atoms with Crippen molar-refractivity contribution in [1.29, 1.82) is 0 Å². The van der Waals surface area contributed by atoms with Crippen LogP contribution in [0.5, 0.6) is 0 Å². The molecular weight excluding hydrogens is 333 g/mol. The van der Waals surface area contributed by atoms with Gasteiger partial charge < -0.3 is 10.0 Å². The Morgan fingerprint density at radius 1 is 1.29 bits per heavy atom. The number of halogens is 2. The predicted octanol–water partition coefficient (Wildman–Crippen LogP) is 3.64. The Hall–Kier alpha value is -2.60. The Balaban J connectivity index is 2.12. The van der Waals surface area contributed by atoms with E-state index in [0.717, 1.165) is 5.69 Å². The maximum atomic E-state index is 13.2. The van der Waals surface area contributed by atoms with Crippen LogP contribution < -0.4 is 4.90 Å². The lowest BCUT2D eigenvalue weighted by molar-refractivity contribution is 0.0691. The fourth-order valence-electron chi connectivity index (χ4n) is 2.54. The fourth-order valence-corrected chi connectivity index (χ4v) is 2.76. The quantitative estimate of drug-likeness (QED) is 0.782. The second-order valence-electron chi connectivity index (χ2n) is 5.64. The topological polar surface area (TPSA) is 58.4 Å². The van der Waals surface area contributed by atoms with Gasteiger partial charge in [0.15, 0.2) is 5.69 Å². The number of rotatable bonds is 4. The number of anilines is 1. The summed E-state index contributed by atoms with van der Waals surface area (Å²) in [5.41, 5.74) is 2.20. The van der Waals surface area contributed by atoms with Crippen LogP contribution in [0.3, 0.4) is 0 Å². The van der Waals surface area contributed by atoms with Crippen LogP contribution in [-0.4, -0.2) is 35.0 Å². The molecule has 0 unspecified atom stereocenters. The third-order valence-electron chi connectivity index (χ3n) is 3.79. The van der Waals surface area contributed by atoms with Crippen molar-refractivity contribution >= 4 is 34.2 Å². The van der Waals surface area contributed by atoms with Gasteiger partial charge in [0.1, 0.15) is 5.82 Å². The number of carboxylic acids is 1. The molecule has 0 aliphatic rings. The van der Waals surface area contributed by atoms with Gasteiger partial charge in [-0.2, -0.15) is 5.10 Å². The van der Waals surface area contributed by atoms with Crippen molar-refractivity contribution in [2.45, 2.75) is 6.54 Å². The molecule has 0 aliphatic heterocycles. The van der Waals surface area contributed by atoms with Crippen LogP contribution in [0.15, 0.2) is 36.4 Å². The first-order chi connectivity index (χ1) is 11.4. The van der Waals surface area contributed by atoms with Crippen molar-refractivity contribution < 1.29 is 14.3 Å². The lowest BCUT2D eigenvalue weighted by Gasteiger charge is -2.12. The Kier molecular flexibility index (Phi) is 4.15. The van der Waals surface area contributed by atoms with Gasteiger partial charge in [-0.1, -0.05) is 17.7 Å². The molecule has 124 valence electrons. The van der Waals surface area contributed by atoms with Gasteiger partial charge in [-0.3, -0.25) is 4.68 Å². The zero-order chi connectivity index (χ0) is 17.4. The average Bonchev–Trinajstić information content (AvgIpc) is 2.88. The predicted molar refractivity (Wildman–Crippen MR) is 91.5 cm³/mol. The zero-order valence-electron chi connectivity index (χ0n) is 13.1. The minimum absolute atomic E-state index is 0.0214. The summed E-state index contributed by atoms with van der Waals surface area (Å²) in [5.74, 6) is -1.52. The van der Waals surface area contributed by atoms with Crippen LogP contribution in [0, 0.1) is 5.82 Å². The number of aromatic carboxylic acids is 1. The van der Waals surface area contributed by atoms with Crippen LogP contribution >= 0.6 is 11.6 Å². The molecule has 3 rings (SSSR count). The monoisotopic (exact) mass is 347 g/mol. The van der Waals surface area contributed by atoms with Crippen molar-refractivity contribution in [2.75, 3.05) is 19.0 Å². The summed E-state index contributed by atoms with van der Waals surface area (Å²) in [6.07, 6.45) is 0. The van der Waals surface area contributed by atoms with Gasteiger partial charge in [0.25, 0.3) is 0 Å². The number of carbonyl (C=O) groups is 1. The van der Waals surface area contributed by atoms with E-state index < -0.39 is 11.8 Å². The van der Waals surface area contributed by atoms with Gasteiger partial charge in [-0.25, -0.2) is 9.18 Å². The molecular formula is C17H15ClFN3O2. The van der Waals surface area contributed by atoms with Gasteiger partial charge >= 0.3 is 5.97 Å². The highest BCUT2D eigenvalue weighted by Crippen LogP contribution is 2.26. The number of fused-ring (bicyclic) bond motifs is 1. The van der Waals surface area contributed by atoms with Crippen LogP contribution in [0.1, 0.15) is 16.1 Å². The summed E-state index contributed by atoms with van der Waals surface area (Å²) in [6, 6.07) is 9.61. The highest BCUT2D eigenvalue weighted by Gasteiger charge is 2.18. The van der Waals surface area contributed by atoms with E-state index in [0.29, 0.717) is 16.5 Å². The van der Waals surface area contributed by atoms with E-state index in [1.807, 2.05) is 31.1 Å². The van der Waals surface area contributed by atoms with Gasteiger partial charge in [0, 0.05) is 30.2 Å². The van der Waals surface area contributed by atoms with Crippen molar-refractivity contribution in [1.82, 2.24) is 9.78 Å². The maximum absolute atomic E-state index is 13.2. The molecule has 0 fully saturated rings. The third kappa shape index (κ3) is 2.92. The molecule has 0 saturated carbocycles. The maximum Gasteiger partial charge on any atom is 0.357 e. The Labute approximate surface area is 142 Å². The van der Waals surface area contributed by atoms with E-state index in [9.17, 15) is 14.3 Å². The molecule has 0 saturated heterocycles. The summed E-state index contributed by atoms with van der Waals surface area (Å²) >= 11 is 6.06. The molecule has 0 atom stereocenters. The molecule has 0 amide bonds. The average molecular weight is 348 g/mol. The third-order valence-corrected chi connectivity index (χ3v) is 4.14. The number of hydrogen-bond acceptors (Lipinski definition) is 3. The highest BCUT2D eigenvalue weighted by atomic mass is 35.5. The highest BCUT2D eigenvalue weighted by molar-refractivity contribution is 6.31. The van der Waals surface area contributed by atoms with Gasteiger partial charge in [0.2, 0.25) is 0 Å². The molecule has 1 heterocycles. The lowest BCUT2D eigenvalue weighted by Crippen LogP contribution is -2.08. The molecule has 7 heteroatoms. The van der Waals surface area contributed by atoms with E-state index in [2.05, 4.69) is 5.10 Å². The Bertz CT molecular complexity index is 937. The van der Waals surface area contributed by atoms with E-state index in [1.165, 1.54) is 12.1 Å². The van der Waals surface area contributed by atoms with Crippen LogP contribution in [0.4, 0.5) is 10.1 Å². The molecule has 2 aromatic carbocycles. The van der Waals surface area contributed by atoms with Gasteiger partial charge in [0.05, 0.1) is 12.1 Å². The summed E-state index contributed by atoms with van der Waals surface area (Å²) in [5, 5.41) is 14.4. The van der Waals surface area contributed by atoms with E-state index >= 15 is 0 Å². The minimum Gasteiger partial charge on any atom is -0.476 e. The van der Waals surface area contributed by atoms with E-state index in [-0.39, 0.29) is 17.3 Å². The molecule has 3 aromatic rings. The molecule has 1 N–H and O–H groups in total. The van der Waals surface area contributed by atoms with Crippen LogP contribution in [0.25, 0.3) is 10.9 Å². The molecule has 0 aliphatic carbocycles. The summed E-state index contributed by atoms with van der Waals surface area (Å²) in [4.78, 5) is 13.4. The van der Waals surface area contributed by atoms with Crippen molar-refractivity contribution in [3.05, 3.63) is 58.5 Å². The second-order valence-corrected chi connectivity index (χ2v) is 6.05. The largest absolute Gasteiger partial charge is 0.476 e. The van der Waals surface area contributed by atoms with E-state index in [1.54, 1.807) is 16.8 Å². The number of nitrogens with zero attached hydrogens (tertiary/aromatic N) is 3. The second kappa shape index (κ2) is 6.13. The van der Waals surface area contributed by atoms with Gasteiger partial charge in [-0.05, 0) is 35.9 Å². The molecule has 0 radical (unpaired) electrons. The SMILES string of the molecule is CN(C)c1ccc2c(c1)c(C(=O)O)nn2Cc1ccc(F)cc1Cl. The normalized spacial score (nSPS) is 11.0. The van der Waals surface area contributed by atoms with E-state index in [4.69, 9.17) is 11.6 Å². The molecule has 5 nitrogen and oxygen atoms in total.